The van der Waals surface area contributed by atoms with Gasteiger partial charge in [0, 0.05) is 12.3 Å². The van der Waals surface area contributed by atoms with Crippen LogP contribution in [0.1, 0.15) is 50.1 Å². The number of aromatic nitrogens is 2. The Bertz CT molecular complexity index is 479. The molecule has 3 unspecified atom stereocenters. The third-order valence-corrected chi connectivity index (χ3v) is 4.76. The molecular weight excluding hydrogens is 254 g/mol. The van der Waals surface area contributed by atoms with Crippen LogP contribution in [0.2, 0.25) is 0 Å². The summed E-state index contributed by atoms with van der Waals surface area (Å²) < 4.78 is 28.0. The topological polar surface area (TPSA) is 85.1 Å². The molecule has 104 valence electrons. The Balaban J connectivity index is 2.93. The highest BCUT2D eigenvalue weighted by atomic mass is 32.2. The quantitative estimate of drug-likeness (QED) is 0.841. The van der Waals surface area contributed by atoms with E-state index < -0.39 is 15.1 Å². The first kappa shape index (κ1) is 15.1. The minimum atomic E-state index is -3.20. The van der Waals surface area contributed by atoms with E-state index in [4.69, 9.17) is 4.52 Å². The summed E-state index contributed by atoms with van der Waals surface area (Å²) in [5.74, 6) is 0.750. The van der Waals surface area contributed by atoms with Gasteiger partial charge in [-0.05, 0) is 20.4 Å². The summed E-state index contributed by atoms with van der Waals surface area (Å²) in [6.45, 7) is 5.60. The van der Waals surface area contributed by atoms with Crippen molar-refractivity contribution in [1.82, 2.24) is 15.5 Å². The van der Waals surface area contributed by atoms with Crippen molar-refractivity contribution in [2.24, 2.45) is 0 Å². The van der Waals surface area contributed by atoms with Crippen LogP contribution in [0, 0.1) is 0 Å². The van der Waals surface area contributed by atoms with E-state index >= 15 is 0 Å². The lowest BCUT2D eigenvalue weighted by atomic mass is 10.00. The summed E-state index contributed by atoms with van der Waals surface area (Å²) in [6, 6.07) is 0.229. The number of likely N-dealkylation sites (N-methyl/N-ethyl adjacent to an activating group) is 1. The zero-order chi connectivity index (χ0) is 13.9. The fraction of sp³-hybridized carbons (Fsp3) is 0.818. The van der Waals surface area contributed by atoms with Crippen molar-refractivity contribution in [3.05, 3.63) is 11.7 Å². The largest absolute Gasteiger partial charge is 0.339 e. The predicted molar refractivity (Wildman–Crippen MR) is 69.1 cm³/mol. The van der Waals surface area contributed by atoms with E-state index in [9.17, 15) is 8.42 Å². The monoisotopic (exact) mass is 275 g/mol. The first-order valence-corrected chi connectivity index (χ1v) is 7.96. The van der Waals surface area contributed by atoms with Crippen LogP contribution in [0.4, 0.5) is 0 Å². The number of nitrogens with one attached hydrogen (secondary N) is 1. The zero-order valence-corrected chi connectivity index (χ0v) is 12.3. The molecule has 0 spiro atoms. The number of nitrogens with zero attached hydrogens (tertiary/aromatic N) is 2. The molecule has 0 saturated carbocycles. The third-order valence-electron chi connectivity index (χ3n) is 3.27. The fourth-order valence-electron chi connectivity index (χ4n) is 1.77. The molecule has 1 rings (SSSR count). The lowest BCUT2D eigenvalue weighted by Crippen LogP contribution is -2.30. The molecule has 3 atom stereocenters. The molecule has 1 N–H and O–H groups in total. The number of sulfone groups is 1. The van der Waals surface area contributed by atoms with Gasteiger partial charge in [0.05, 0.1) is 5.92 Å². The molecule has 0 amide bonds. The highest BCUT2D eigenvalue weighted by molar-refractivity contribution is 7.90. The van der Waals surface area contributed by atoms with Gasteiger partial charge in [0.25, 0.3) is 0 Å². The third kappa shape index (κ3) is 3.29. The van der Waals surface area contributed by atoms with E-state index in [-0.39, 0.29) is 17.8 Å². The van der Waals surface area contributed by atoms with Gasteiger partial charge in [-0.25, -0.2) is 8.42 Å². The van der Waals surface area contributed by atoms with Gasteiger partial charge in [-0.1, -0.05) is 19.0 Å². The van der Waals surface area contributed by atoms with E-state index in [1.165, 1.54) is 6.26 Å². The lowest BCUT2D eigenvalue weighted by Gasteiger charge is -2.18. The second-order valence-corrected chi connectivity index (χ2v) is 6.92. The molecular formula is C11H21N3O3S. The molecule has 0 aromatic carbocycles. The van der Waals surface area contributed by atoms with Crippen LogP contribution in [0.15, 0.2) is 4.52 Å². The predicted octanol–water partition coefficient (Wildman–Crippen LogP) is 1.28. The van der Waals surface area contributed by atoms with Crippen molar-refractivity contribution in [2.45, 2.75) is 44.4 Å². The van der Waals surface area contributed by atoms with Crippen LogP contribution in [0.25, 0.3) is 0 Å². The van der Waals surface area contributed by atoms with E-state index in [0.717, 1.165) is 6.42 Å². The maximum atomic E-state index is 11.4. The first-order valence-electron chi connectivity index (χ1n) is 6.00. The Morgan fingerprint density at radius 2 is 2.00 bits per heavy atom. The van der Waals surface area contributed by atoms with Gasteiger partial charge >= 0.3 is 0 Å². The van der Waals surface area contributed by atoms with Crippen molar-refractivity contribution in [2.75, 3.05) is 13.3 Å². The molecule has 1 aromatic rings. The van der Waals surface area contributed by atoms with Crippen molar-refractivity contribution in [3.63, 3.8) is 0 Å². The van der Waals surface area contributed by atoms with Crippen molar-refractivity contribution in [1.29, 1.82) is 0 Å². The summed E-state index contributed by atoms with van der Waals surface area (Å²) in [6.07, 6.45) is 2.09. The standard InChI is InChI=1S/C11H21N3O3S/c1-6-9(12-4)7(2)11-13-10(14-17-11)8(3)18(5,15)16/h7-9,12H,6H2,1-5H3. The molecule has 6 nitrogen and oxygen atoms in total. The number of hydrogen-bond donors (Lipinski definition) is 1. The smallest absolute Gasteiger partial charge is 0.231 e. The average molecular weight is 275 g/mol. The number of hydrogen-bond acceptors (Lipinski definition) is 6. The Hall–Kier alpha value is -0.950. The summed E-state index contributed by atoms with van der Waals surface area (Å²) in [5.41, 5.74) is 0. The normalized spacial score (nSPS) is 17.4. The molecule has 0 aliphatic heterocycles. The highest BCUT2D eigenvalue weighted by Crippen LogP contribution is 2.23. The summed E-state index contributed by atoms with van der Waals surface area (Å²) in [5, 5.41) is 6.20. The van der Waals surface area contributed by atoms with E-state index in [1.54, 1.807) is 6.92 Å². The maximum Gasteiger partial charge on any atom is 0.231 e. The highest BCUT2D eigenvalue weighted by Gasteiger charge is 2.26. The van der Waals surface area contributed by atoms with Crippen LogP contribution >= 0.6 is 0 Å². The van der Waals surface area contributed by atoms with Gasteiger partial charge < -0.3 is 9.84 Å². The SMILES string of the molecule is CCC(NC)C(C)c1nc(C(C)S(C)(=O)=O)no1. The Morgan fingerprint density at radius 1 is 1.39 bits per heavy atom. The molecule has 1 aromatic heterocycles. The molecule has 0 radical (unpaired) electrons. The molecule has 0 bridgehead atoms. The fourth-order valence-corrected chi connectivity index (χ4v) is 2.25. The van der Waals surface area contributed by atoms with E-state index in [0.29, 0.717) is 5.89 Å². The lowest BCUT2D eigenvalue weighted by molar-refractivity contribution is 0.323. The van der Waals surface area contributed by atoms with Gasteiger partial charge in [0.15, 0.2) is 15.7 Å². The molecule has 0 fully saturated rings. The van der Waals surface area contributed by atoms with Gasteiger partial charge in [0.2, 0.25) is 5.89 Å². The van der Waals surface area contributed by atoms with Crippen LogP contribution in [0.3, 0.4) is 0 Å². The summed E-state index contributed by atoms with van der Waals surface area (Å²) in [4.78, 5) is 4.20. The van der Waals surface area contributed by atoms with Gasteiger partial charge in [-0.15, -0.1) is 0 Å². The van der Waals surface area contributed by atoms with Crippen molar-refractivity contribution in [3.8, 4) is 0 Å². The van der Waals surface area contributed by atoms with Gasteiger partial charge in [0.1, 0.15) is 5.25 Å². The Kier molecular flexibility index (Phi) is 4.86. The van der Waals surface area contributed by atoms with Crippen LogP contribution < -0.4 is 5.32 Å². The molecule has 18 heavy (non-hydrogen) atoms. The second-order valence-electron chi connectivity index (χ2n) is 4.55. The van der Waals surface area contributed by atoms with Crippen LogP contribution in [0.5, 0.6) is 0 Å². The summed E-state index contributed by atoms with van der Waals surface area (Å²) >= 11 is 0. The minimum Gasteiger partial charge on any atom is -0.339 e. The van der Waals surface area contributed by atoms with E-state index in [1.807, 2.05) is 14.0 Å². The van der Waals surface area contributed by atoms with Gasteiger partial charge in [-0.2, -0.15) is 4.98 Å². The van der Waals surface area contributed by atoms with Crippen molar-refractivity contribution >= 4 is 9.84 Å². The summed E-state index contributed by atoms with van der Waals surface area (Å²) in [7, 11) is -1.32. The molecule has 1 heterocycles. The van der Waals surface area contributed by atoms with Crippen LogP contribution in [-0.2, 0) is 9.84 Å². The Morgan fingerprint density at radius 3 is 2.44 bits per heavy atom. The van der Waals surface area contributed by atoms with Crippen LogP contribution in [-0.4, -0.2) is 37.9 Å². The van der Waals surface area contributed by atoms with Crippen molar-refractivity contribution < 1.29 is 12.9 Å². The van der Waals surface area contributed by atoms with Gasteiger partial charge in [-0.3, -0.25) is 0 Å². The average Bonchev–Trinajstić information content (AvgIpc) is 2.77. The van der Waals surface area contributed by atoms with E-state index in [2.05, 4.69) is 22.4 Å². The second kappa shape index (κ2) is 5.79. The molecule has 0 saturated heterocycles. The maximum absolute atomic E-state index is 11.4. The molecule has 7 heteroatoms. The molecule has 0 aliphatic carbocycles. The Labute approximate surface area is 108 Å². The zero-order valence-electron chi connectivity index (χ0n) is 11.5. The first-order chi connectivity index (χ1) is 8.31. The number of rotatable bonds is 6. The minimum absolute atomic E-state index is 0.0491. The molecule has 0 aliphatic rings.